The second kappa shape index (κ2) is 14.8. The van der Waals surface area contributed by atoms with E-state index in [2.05, 4.69) is 40.5 Å². The van der Waals surface area contributed by atoms with Gasteiger partial charge in [0, 0.05) is 83.0 Å². The number of nitrogens with zero attached hydrogens (tertiary/aromatic N) is 9. The van der Waals surface area contributed by atoms with Crippen molar-refractivity contribution in [3.63, 3.8) is 0 Å². The molecule has 0 radical (unpaired) electrons. The Morgan fingerprint density at radius 2 is 1.77 bits per heavy atom. The average molecular weight is 695 g/mol. The SMILES string of the molecule is CN1C(=O)NC2C(CCCCC(=O)NCCN3CCN(c4nc(-c5cnc(N)nc5C(F)(F)F)nc(N5CCOCC5)n4)CC3)SCC21. The predicted molar refractivity (Wildman–Crippen MR) is 174 cm³/mol. The lowest BCUT2D eigenvalue weighted by Gasteiger charge is -2.35. The third kappa shape index (κ3) is 7.94. The maximum Gasteiger partial charge on any atom is 0.434 e. The standard InChI is InChI=1S/C29H41F3N12O3S/c1-41-19-17-48-20(22(19)36-28(41)46)4-2-3-5-21(45)34-6-7-42-8-10-43(11-9-42)26-38-24(39-27(40-26)44-12-14-47-15-13-44)18-16-35-25(33)37-23(18)29(30,31)32/h16,19-20,22H,2-15,17H2,1H3,(H,34,45)(H,36,46)(H2,33,35,37). The maximum absolute atomic E-state index is 13.9. The molecule has 262 valence electrons. The molecule has 2 aromatic rings. The Morgan fingerprint density at radius 1 is 1.06 bits per heavy atom. The van der Waals surface area contributed by atoms with Crippen LogP contribution in [-0.4, -0.2) is 142 Å². The minimum Gasteiger partial charge on any atom is -0.378 e. The van der Waals surface area contributed by atoms with Gasteiger partial charge in [-0.2, -0.15) is 39.9 Å². The summed E-state index contributed by atoms with van der Waals surface area (Å²) < 4.78 is 47.2. The smallest absolute Gasteiger partial charge is 0.378 e. The summed E-state index contributed by atoms with van der Waals surface area (Å²) >= 11 is 1.90. The van der Waals surface area contributed by atoms with E-state index in [1.54, 1.807) is 4.90 Å². The van der Waals surface area contributed by atoms with Gasteiger partial charge in [-0.05, 0) is 12.8 Å². The van der Waals surface area contributed by atoms with E-state index in [4.69, 9.17) is 10.5 Å². The number of aromatic nitrogens is 5. The van der Waals surface area contributed by atoms with Crippen LogP contribution in [0.5, 0.6) is 0 Å². The number of ether oxygens (including phenoxy) is 1. The number of fused-ring (bicyclic) bond motifs is 1. The zero-order valence-corrected chi connectivity index (χ0v) is 27.6. The molecule has 19 heteroatoms. The predicted octanol–water partition coefficient (Wildman–Crippen LogP) is 1.07. The summed E-state index contributed by atoms with van der Waals surface area (Å²) in [5.41, 5.74) is 3.91. The van der Waals surface area contributed by atoms with Crippen LogP contribution in [0, 0.1) is 0 Å². The molecule has 15 nitrogen and oxygen atoms in total. The summed E-state index contributed by atoms with van der Waals surface area (Å²) in [6, 6.07) is 0.458. The lowest BCUT2D eigenvalue weighted by molar-refractivity contribution is -0.140. The summed E-state index contributed by atoms with van der Waals surface area (Å²) in [5.74, 6) is 0.839. The van der Waals surface area contributed by atoms with Crippen molar-refractivity contribution < 1.29 is 27.5 Å². The molecule has 4 N–H and O–H groups in total. The van der Waals surface area contributed by atoms with Crippen molar-refractivity contribution in [2.75, 3.05) is 93.9 Å². The Balaban J connectivity index is 0.989. The zero-order valence-electron chi connectivity index (χ0n) is 26.8. The van der Waals surface area contributed by atoms with Gasteiger partial charge < -0.3 is 35.8 Å². The van der Waals surface area contributed by atoms with Crippen LogP contribution in [0.3, 0.4) is 0 Å². The van der Waals surface area contributed by atoms with Crippen molar-refractivity contribution in [1.82, 2.24) is 45.4 Å². The number of alkyl halides is 3. The van der Waals surface area contributed by atoms with E-state index >= 15 is 0 Å². The molecule has 0 bridgehead atoms. The fraction of sp³-hybridized carbons (Fsp3) is 0.690. The third-order valence-electron chi connectivity index (χ3n) is 9.17. The van der Waals surface area contributed by atoms with Crippen molar-refractivity contribution in [3.05, 3.63) is 11.9 Å². The van der Waals surface area contributed by atoms with Crippen LogP contribution in [0.15, 0.2) is 6.20 Å². The van der Waals surface area contributed by atoms with E-state index in [9.17, 15) is 22.8 Å². The molecule has 4 aliphatic heterocycles. The van der Waals surface area contributed by atoms with Gasteiger partial charge in [-0.15, -0.1) is 0 Å². The van der Waals surface area contributed by atoms with E-state index in [0.29, 0.717) is 77.2 Å². The van der Waals surface area contributed by atoms with Crippen LogP contribution in [-0.2, 0) is 15.7 Å². The molecule has 0 saturated carbocycles. The molecule has 4 aliphatic rings. The van der Waals surface area contributed by atoms with E-state index in [1.807, 2.05) is 28.6 Å². The van der Waals surface area contributed by atoms with Crippen LogP contribution in [0.4, 0.5) is 35.8 Å². The number of piperazine rings is 1. The van der Waals surface area contributed by atoms with E-state index in [1.165, 1.54) is 0 Å². The molecular weight excluding hydrogens is 653 g/mol. The summed E-state index contributed by atoms with van der Waals surface area (Å²) in [6.45, 7) is 5.48. The minimum atomic E-state index is -4.79. The fourth-order valence-corrected chi connectivity index (χ4v) is 8.08. The number of nitrogen functional groups attached to an aromatic ring is 1. The number of carbonyl (C=O) groups is 2. The van der Waals surface area contributed by atoms with E-state index < -0.39 is 17.8 Å². The molecule has 3 amide bonds. The Hall–Kier alpha value is -3.71. The molecule has 0 aliphatic carbocycles. The normalized spacial score (nSPS) is 23.4. The Morgan fingerprint density at radius 3 is 2.48 bits per heavy atom. The summed E-state index contributed by atoms with van der Waals surface area (Å²) in [5, 5.41) is 6.50. The van der Waals surface area contributed by atoms with E-state index in [-0.39, 0.29) is 47.3 Å². The van der Waals surface area contributed by atoms with Crippen molar-refractivity contribution >= 4 is 41.5 Å². The van der Waals surface area contributed by atoms with Gasteiger partial charge in [-0.25, -0.2) is 14.8 Å². The maximum atomic E-state index is 13.9. The van der Waals surface area contributed by atoms with E-state index in [0.717, 1.165) is 31.2 Å². The highest BCUT2D eigenvalue weighted by atomic mass is 32.2. The number of morpholine rings is 1. The topological polar surface area (TPSA) is 171 Å². The number of hydrogen-bond acceptors (Lipinski definition) is 13. The number of rotatable bonds is 11. The first-order valence-corrected chi connectivity index (χ1v) is 17.3. The lowest BCUT2D eigenvalue weighted by atomic mass is 10.0. The van der Waals surface area contributed by atoms with Crippen LogP contribution < -0.4 is 26.2 Å². The highest BCUT2D eigenvalue weighted by Crippen LogP contribution is 2.37. The fourth-order valence-electron chi connectivity index (χ4n) is 6.42. The summed E-state index contributed by atoms with van der Waals surface area (Å²) in [7, 11) is 1.85. The molecule has 0 spiro atoms. The zero-order chi connectivity index (χ0) is 33.8. The van der Waals surface area contributed by atoms with Crippen LogP contribution in [0.25, 0.3) is 11.4 Å². The molecule has 4 fully saturated rings. The number of urea groups is 1. The summed E-state index contributed by atoms with van der Waals surface area (Å²) in [6.07, 6.45) is -0.608. The number of halogens is 3. The number of nitrogens with one attached hydrogen (secondary N) is 2. The molecule has 6 heterocycles. The van der Waals surface area contributed by atoms with Gasteiger partial charge in [0.15, 0.2) is 11.5 Å². The van der Waals surface area contributed by atoms with Gasteiger partial charge in [0.2, 0.25) is 23.8 Å². The average Bonchev–Trinajstić information content (AvgIpc) is 3.61. The molecule has 3 unspecified atom stereocenters. The number of carbonyl (C=O) groups excluding carboxylic acids is 2. The first-order valence-electron chi connectivity index (χ1n) is 16.2. The van der Waals surface area contributed by atoms with Crippen molar-refractivity contribution in [2.45, 2.75) is 49.2 Å². The molecule has 6 rings (SSSR count). The largest absolute Gasteiger partial charge is 0.434 e. The number of nitrogens with two attached hydrogens (primary N) is 1. The molecule has 2 aromatic heterocycles. The van der Waals surface area contributed by atoms with Crippen molar-refractivity contribution in [1.29, 1.82) is 0 Å². The van der Waals surface area contributed by atoms with Gasteiger partial charge >= 0.3 is 12.2 Å². The first kappa shape index (κ1) is 34.2. The van der Waals surface area contributed by atoms with Crippen LogP contribution >= 0.6 is 11.8 Å². The number of amides is 3. The minimum absolute atomic E-state index is 0.00157. The second-order valence-electron chi connectivity index (χ2n) is 12.3. The van der Waals surface area contributed by atoms with Gasteiger partial charge in [0.25, 0.3) is 0 Å². The van der Waals surface area contributed by atoms with Crippen molar-refractivity contribution in [2.24, 2.45) is 0 Å². The molecule has 48 heavy (non-hydrogen) atoms. The molecule has 0 aromatic carbocycles. The highest BCUT2D eigenvalue weighted by molar-refractivity contribution is 8.00. The number of hydrogen-bond donors (Lipinski definition) is 3. The Kier molecular flexibility index (Phi) is 10.5. The van der Waals surface area contributed by atoms with Gasteiger partial charge in [-0.3, -0.25) is 9.69 Å². The number of likely N-dealkylation sites (N-methyl/N-ethyl adjacent to an activating group) is 1. The first-order chi connectivity index (χ1) is 23.1. The number of thioether (sulfide) groups is 1. The highest BCUT2D eigenvalue weighted by Gasteiger charge is 2.46. The summed E-state index contributed by atoms with van der Waals surface area (Å²) in [4.78, 5) is 52.9. The molecule has 4 saturated heterocycles. The van der Waals surface area contributed by atoms with Crippen LogP contribution in [0.1, 0.15) is 31.4 Å². The Labute approximate surface area is 280 Å². The number of anilines is 3. The van der Waals surface area contributed by atoms with Gasteiger partial charge in [0.1, 0.15) is 0 Å². The van der Waals surface area contributed by atoms with Crippen molar-refractivity contribution in [3.8, 4) is 11.4 Å². The molecular formula is C29H41F3N12O3S. The monoisotopic (exact) mass is 694 g/mol. The van der Waals surface area contributed by atoms with Gasteiger partial charge in [0.05, 0.1) is 30.9 Å². The lowest BCUT2D eigenvalue weighted by Crippen LogP contribution is -2.49. The quantitative estimate of drug-likeness (QED) is 0.226. The molecule has 3 atom stereocenters. The van der Waals surface area contributed by atoms with Gasteiger partial charge in [-0.1, -0.05) is 6.42 Å². The third-order valence-corrected chi connectivity index (χ3v) is 10.7. The van der Waals surface area contributed by atoms with Crippen LogP contribution in [0.2, 0.25) is 0 Å². The second-order valence-corrected chi connectivity index (χ2v) is 13.6. The number of unbranched alkanes of at least 4 members (excludes halogenated alkanes) is 1. The Bertz CT molecular complexity index is 1460.